The molecule has 0 unspecified atom stereocenters. The number of hydrogen-bond acceptors (Lipinski definition) is 5. The minimum absolute atomic E-state index is 0.542. The van der Waals surface area contributed by atoms with Crippen LogP contribution in [-0.2, 0) is 7.05 Å². The van der Waals surface area contributed by atoms with Crippen molar-refractivity contribution in [2.75, 3.05) is 25.0 Å². The number of hydrogen-bond donors (Lipinski definition) is 1. The zero-order valence-electron chi connectivity index (χ0n) is 20.2. The molecule has 176 valence electrons. The van der Waals surface area contributed by atoms with Crippen LogP contribution in [-0.4, -0.2) is 50.6 Å². The first-order valence-electron chi connectivity index (χ1n) is 13.3. The van der Waals surface area contributed by atoms with Gasteiger partial charge >= 0.3 is 0 Å². The lowest BCUT2D eigenvalue weighted by atomic mass is 9.49. The van der Waals surface area contributed by atoms with Crippen molar-refractivity contribution >= 4 is 5.82 Å². The van der Waals surface area contributed by atoms with E-state index >= 15 is 0 Å². The van der Waals surface area contributed by atoms with Gasteiger partial charge < -0.3 is 10.2 Å². The molecule has 0 amide bonds. The summed E-state index contributed by atoms with van der Waals surface area (Å²) in [5.41, 5.74) is 3.76. The molecule has 0 radical (unpaired) electrons. The third-order valence-electron chi connectivity index (χ3n) is 9.93. The van der Waals surface area contributed by atoms with Crippen molar-refractivity contribution in [3.05, 3.63) is 23.9 Å². The second-order valence-corrected chi connectivity index (χ2v) is 12.5. The molecular formula is C27H38N6. The topological polar surface area (TPSA) is 58.9 Å². The molecular weight excluding hydrogens is 408 g/mol. The standard InChI is InChI=1S/C27H38N6/c1-17-13-28-32(2)26(17)24-3-4-25(31-30-24)29-23-8-21-14-33(15-22(21)9-23)16-27-10-18-5-19(11-27)7-20(6-18)12-27/h3-4,13,18-23H,5-12,14-16H2,1-2H3,(H,29,31)/t18?,19?,20?,21-,22+,23+,27?. The Kier molecular flexibility index (Phi) is 4.66. The SMILES string of the molecule is Cc1cnn(C)c1-c1ccc(N[C@H]2C[C@@H]3CN(CC45CC6CC(CC(C6)C4)C5)C[C@@H]3C2)nn1. The highest BCUT2D eigenvalue weighted by Gasteiger charge is 2.52. The summed E-state index contributed by atoms with van der Waals surface area (Å²) in [6.07, 6.45) is 13.8. The van der Waals surface area contributed by atoms with Crippen molar-refractivity contribution in [2.45, 2.75) is 64.3 Å². The summed E-state index contributed by atoms with van der Waals surface area (Å²) in [6, 6.07) is 4.70. The molecule has 6 heteroatoms. The Bertz CT molecular complexity index is 957. The molecule has 2 aromatic rings. The van der Waals surface area contributed by atoms with Crippen LogP contribution in [0.5, 0.6) is 0 Å². The number of aryl methyl sites for hydroxylation is 2. The predicted octanol–water partition coefficient (Wildman–Crippen LogP) is 4.52. The van der Waals surface area contributed by atoms with Crippen LogP contribution >= 0.6 is 0 Å². The Hall–Kier alpha value is -1.95. The maximum Gasteiger partial charge on any atom is 0.148 e. The monoisotopic (exact) mass is 446 g/mol. The summed E-state index contributed by atoms with van der Waals surface area (Å²) in [5, 5.41) is 17.0. The molecule has 8 rings (SSSR count). The van der Waals surface area contributed by atoms with E-state index in [0.29, 0.717) is 11.5 Å². The first-order valence-corrected chi connectivity index (χ1v) is 13.3. The van der Waals surface area contributed by atoms with Gasteiger partial charge in [-0.25, -0.2) is 0 Å². The average Bonchev–Trinajstić information content (AvgIpc) is 3.40. The zero-order valence-corrected chi connectivity index (χ0v) is 20.2. The van der Waals surface area contributed by atoms with Crippen molar-refractivity contribution in [3.8, 4) is 11.4 Å². The summed E-state index contributed by atoms with van der Waals surface area (Å²) in [4.78, 5) is 2.88. The smallest absolute Gasteiger partial charge is 0.148 e. The van der Waals surface area contributed by atoms with Crippen molar-refractivity contribution in [1.29, 1.82) is 0 Å². The first kappa shape index (κ1) is 20.4. The molecule has 6 fully saturated rings. The van der Waals surface area contributed by atoms with Gasteiger partial charge in [-0.1, -0.05) is 0 Å². The Morgan fingerprint density at radius 3 is 2.15 bits per heavy atom. The summed E-state index contributed by atoms with van der Waals surface area (Å²) < 4.78 is 1.87. The van der Waals surface area contributed by atoms with Gasteiger partial charge in [0, 0.05) is 32.7 Å². The normalized spacial score (nSPS) is 39.3. The molecule has 5 saturated carbocycles. The van der Waals surface area contributed by atoms with E-state index in [1.807, 2.05) is 17.9 Å². The summed E-state index contributed by atoms with van der Waals surface area (Å²) in [6.45, 7) is 6.13. The lowest BCUT2D eigenvalue weighted by Gasteiger charge is -2.57. The fourth-order valence-corrected chi connectivity index (χ4v) is 9.26. The van der Waals surface area contributed by atoms with E-state index in [-0.39, 0.29) is 0 Å². The second-order valence-electron chi connectivity index (χ2n) is 12.5. The van der Waals surface area contributed by atoms with Gasteiger partial charge in [-0.15, -0.1) is 10.2 Å². The maximum absolute atomic E-state index is 4.50. The zero-order chi connectivity index (χ0) is 22.2. The highest BCUT2D eigenvalue weighted by atomic mass is 15.3. The van der Waals surface area contributed by atoms with E-state index in [1.54, 1.807) is 38.5 Å². The van der Waals surface area contributed by atoms with Crippen molar-refractivity contribution < 1.29 is 0 Å². The number of anilines is 1. The van der Waals surface area contributed by atoms with E-state index < -0.39 is 0 Å². The molecule has 3 heterocycles. The number of nitrogens with one attached hydrogen (secondary N) is 1. The Balaban J connectivity index is 0.951. The van der Waals surface area contributed by atoms with Gasteiger partial charge in [-0.05, 0) is 111 Å². The Labute approximate surface area is 197 Å². The molecule has 0 aromatic carbocycles. The van der Waals surface area contributed by atoms with Crippen molar-refractivity contribution in [2.24, 2.45) is 42.1 Å². The highest BCUT2D eigenvalue weighted by molar-refractivity contribution is 5.59. The van der Waals surface area contributed by atoms with Crippen LogP contribution in [0.3, 0.4) is 0 Å². The van der Waals surface area contributed by atoms with Crippen LogP contribution in [0.4, 0.5) is 5.82 Å². The molecule has 2 aromatic heterocycles. The second kappa shape index (κ2) is 7.53. The average molecular weight is 447 g/mol. The lowest BCUT2D eigenvalue weighted by molar-refractivity contribution is -0.0672. The number of fused-ring (bicyclic) bond motifs is 1. The molecule has 3 atom stereocenters. The molecule has 1 N–H and O–H groups in total. The van der Waals surface area contributed by atoms with Crippen LogP contribution in [0.1, 0.15) is 56.9 Å². The van der Waals surface area contributed by atoms with Gasteiger partial charge in [0.25, 0.3) is 0 Å². The summed E-state index contributed by atoms with van der Waals surface area (Å²) in [7, 11) is 1.96. The van der Waals surface area contributed by atoms with Crippen molar-refractivity contribution in [3.63, 3.8) is 0 Å². The van der Waals surface area contributed by atoms with Gasteiger partial charge in [-0.2, -0.15) is 5.10 Å². The molecule has 6 nitrogen and oxygen atoms in total. The van der Waals surface area contributed by atoms with Gasteiger partial charge in [-0.3, -0.25) is 4.68 Å². The molecule has 5 aliphatic carbocycles. The van der Waals surface area contributed by atoms with Gasteiger partial charge in [0.1, 0.15) is 11.5 Å². The fraction of sp³-hybridized carbons (Fsp3) is 0.741. The van der Waals surface area contributed by atoms with Gasteiger partial charge in [0.15, 0.2) is 0 Å². The van der Waals surface area contributed by atoms with Crippen LogP contribution in [0.15, 0.2) is 18.3 Å². The number of rotatable bonds is 5. The summed E-state index contributed by atoms with van der Waals surface area (Å²) in [5.74, 6) is 5.85. The molecule has 1 aliphatic heterocycles. The lowest BCUT2D eigenvalue weighted by Crippen LogP contribution is -2.51. The van der Waals surface area contributed by atoms with Crippen LogP contribution in [0.25, 0.3) is 11.4 Å². The van der Waals surface area contributed by atoms with E-state index in [2.05, 4.69) is 44.6 Å². The fourth-order valence-electron chi connectivity index (χ4n) is 9.26. The molecule has 0 spiro atoms. The quantitative estimate of drug-likeness (QED) is 0.732. The highest BCUT2D eigenvalue weighted by Crippen LogP contribution is 2.60. The van der Waals surface area contributed by atoms with Gasteiger partial charge in [0.05, 0.1) is 11.9 Å². The van der Waals surface area contributed by atoms with E-state index in [4.69, 9.17) is 0 Å². The molecule has 6 aliphatic rings. The number of nitrogens with zero attached hydrogens (tertiary/aromatic N) is 5. The van der Waals surface area contributed by atoms with E-state index in [9.17, 15) is 0 Å². The van der Waals surface area contributed by atoms with Crippen LogP contribution in [0.2, 0.25) is 0 Å². The Morgan fingerprint density at radius 2 is 1.61 bits per heavy atom. The minimum atomic E-state index is 0.542. The van der Waals surface area contributed by atoms with E-state index in [1.165, 1.54) is 32.5 Å². The van der Waals surface area contributed by atoms with Gasteiger partial charge in [0.2, 0.25) is 0 Å². The van der Waals surface area contributed by atoms with Crippen LogP contribution in [0, 0.1) is 41.9 Å². The van der Waals surface area contributed by atoms with E-state index in [0.717, 1.165) is 52.4 Å². The minimum Gasteiger partial charge on any atom is -0.366 e. The first-order chi connectivity index (χ1) is 16.0. The predicted molar refractivity (Wildman–Crippen MR) is 130 cm³/mol. The maximum atomic E-state index is 4.50. The summed E-state index contributed by atoms with van der Waals surface area (Å²) >= 11 is 0. The largest absolute Gasteiger partial charge is 0.366 e. The molecule has 33 heavy (non-hydrogen) atoms. The third-order valence-corrected chi connectivity index (χ3v) is 9.93. The Morgan fingerprint density at radius 1 is 0.939 bits per heavy atom. The molecule has 1 saturated heterocycles. The van der Waals surface area contributed by atoms with Crippen molar-refractivity contribution in [1.82, 2.24) is 24.9 Å². The van der Waals surface area contributed by atoms with Crippen LogP contribution < -0.4 is 5.32 Å². The third kappa shape index (κ3) is 3.60. The number of aromatic nitrogens is 4. The number of likely N-dealkylation sites (tertiary alicyclic amines) is 1. The molecule has 4 bridgehead atoms.